The van der Waals surface area contributed by atoms with Gasteiger partial charge in [0.2, 0.25) is 0 Å². The number of amides is 1. The third kappa shape index (κ3) is 2.74. The summed E-state index contributed by atoms with van der Waals surface area (Å²) < 4.78 is 1.49. The molecule has 1 aliphatic rings. The van der Waals surface area contributed by atoms with Crippen LogP contribution < -0.4 is 11.1 Å². The van der Waals surface area contributed by atoms with E-state index < -0.39 is 0 Å². The fourth-order valence-corrected chi connectivity index (χ4v) is 2.65. The third-order valence-corrected chi connectivity index (χ3v) is 3.89. The molecule has 3 rings (SSSR count). The first kappa shape index (κ1) is 13.6. The maximum absolute atomic E-state index is 12.2. The van der Waals surface area contributed by atoms with Crippen molar-refractivity contribution in [1.82, 2.24) is 20.3 Å². The standard InChI is InChI=1S/C15H19N5O/c1-10-6-8-12(9-7-10)20-14(16)13(18-19-20)15(21)17-11-4-2-3-5-11/h6-9,11H,2-5,16H2,1H3,(H,17,21). The van der Waals surface area contributed by atoms with Gasteiger partial charge in [-0.3, -0.25) is 4.79 Å². The van der Waals surface area contributed by atoms with E-state index in [1.807, 2.05) is 31.2 Å². The van der Waals surface area contributed by atoms with Gasteiger partial charge in [0.25, 0.3) is 5.91 Å². The van der Waals surface area contributed by atoms with Crippen LogP contribution in [-0.2, 0) is 0 Å². The number of nitrogens with zero attached hydrogens (tertiary/aromatic N) is 3. The van der Waals surface area contributed by atoms with Crippen LogP contribution in [0.3, 0.4) is 0 Å². The topological polar surface area (TPSA) is 85.8 Å². The highest BCUT2D eigenvalue weighted by molar-refractivity contribution is 5.96. The van der Waals surface area contributed by atoms with Crippen LogP contribution in [0, 0.1) is 6.92 Å². The van der Waals surface area contributed by atoms with Crippen LogP contribution in [0.15, 0.2) is 24.3 Å². The molecule has 0 spiro atoms. The highest BCUT2D eigenvalue weighted by atomic mass is 16.2. The van der Waals surface area contributed by atoms with Crippen LogP contribution in [0.5, 0.6) is 0 Å². The van der Waals surface area contributed by atoms with E-state index in [1.165, 1.54) is 4.68 Å². The Morgan fingerprint density at radius 3 is 2.62 bits per heavy atom. The smallest absolute Gasteiger partial charge is 0.275 e. The number of nitrogens with two attached hydrogens (primary N) is 1. The third-order valence-electron chi connectivity index (χ3n) is 3.89. The number of hydrogen-bond donors (Lipinski definition) is 2. The van der Waals surface area contributed by atoms with Gasteiger partial charge in [-0.1, -0.05) is 35.8 Å². The van der Waals surface area contributed by atoms with Gasteiger partial charge in [-0.05, 0) is 31.9 Å². The number of anilines is 1. The molecule has 2 aromatic rings. The van der Waals surface area contributed by atoms with Gasteiger partial charge < -0.3 is 11.1 Å². The number of benzene rings is 1. The number of hydrogen-bond acceptors (Lipinski definition) is 4. The second-order valence-corrected chi connectivity index (χ2v) is 5.53. The minimum atomic E-state index is -0.238. The Morgan fingerprint density at radius 1 is 1.29 bits per heavy atom. The molecule has 1 aromatic carbocycles. The summed E-state index contributed by atoms with van der Waals surface area (Å²) in [6, 6.07) is 7.98. The molecular weight excluding hydrogens is 266 g/mol. The predicted molar refractivity (Wildman–Crippen MR) is 80.2 cm³/mol. The Labute approximate surface area is 123 Å². The maximum atomic E-state index is 12.2. The van der Waals surface area contributed by atoms with Crippen LogP contribution in [0.2, 0.25) is 0 Å². The Morgan fingerprint density at radius 2 is 1.95 bits per heavy atom. The summed E-state index contributed by atoms with van der Waals surface area (Å²) in [6.45, 7) is 2.01. The normalized spacial score (nSPS) is 15.3. The van der Waals surface area contributed by atoms with Crippen molar-refractivity contribution in [3.05, 3.63) is 35.5 Å². The van der Waals surface area contributed by atoms with Gasteiger partial charge in [0.05, 0.1) is 5.69 Å². The van der Waals surface area contributed by atoms with E-state index in [0.29, 0.717) is 0 Å². The first-order chi connectivity index (χ1) is 10.1. The summed E-state index contributed by atoms with van der Waals surface area (Å²) >= 11 is 0. The SMILES string of the molecule is Cc1ccc(-n2nnc(C(=O)NC3CCCC3)c2N)cc1. The van der Waals surface area contributed by atoms with Crippen molar-refractivity contribution in [3.8, 4) is 5.69 Å². The molecule has 1 aliphatic carbocycles. The van der Waals surface area contributed by atoms with Gasteiger partial charge in [-0.15, -0.1) is 5.10 Å². The lowest BCUT2D eigenvalue weighted by Gasteiger charge is -2.10. The number of nitrogen functional groups attached to an aromatic ring is 1. The fraction of sp³-hybridized carbons (Fsp3) is 0.400. The zero-order valence-electron chi connectivity index (χ0n) is 12.0. The van der Waals surface area contributed by atoms with Crippen molar-refractivity contribution in [2.24, 2.45) is 0 Å². The van der Waals surface area contributed by atoms with Crippen molar-refractivity contribution >= 4 is 11.7 Å². The van der Waals surface area contributed by atoms with E-state index in [-0.39, 0.29) is 23.5 Å². The number of rotatable bonds is 3. The van der Waals surface area contributed by atoms with Gasteiger partial charge in [0.15, 0.2) is 11.5 Å². The molecule has 0 aliphatic heterocycles. The summed E-state index contributed by atoms with van der Waals surface area (Å²) in [5, 5.41) is 10.9. The Kier molecular flexibility index (Phi) is 3.60. The zero-order chi connectivity index (χ0) is 14.8. The first-order valence-electron chi connectivity index (χ1n) is 7.24. The zero-order valence-corrected chi connectivity index (χ0v) is 12.0. The molecule has 3 N–H and O–H groups in total. The maximum Gasteiger partial charge on any atom is 0.275 e. The van der Waals surface area contributed by atoms with Crippen LogP contribution in [0.4, 0.5) is 5.82 Å². The van der Waals surface area contributed by atoms with Crippen molar-refractivity contribution in [1.29, 1.82) is 0 Å². The monoisotopic (exact) mass is 285 g/mol. The van der Waals surface area contributed by atoms with Crippen molar-refractivity contribution in [2.75, 3.05) is 5.73 Å². The molecule has 6 heteroatoms. The average Bonchev–Trinajstić information content (AvgIpc) is 3.09. The van der Waals surface area contributed by atoms with Crippen molar-refractivity contribution < 1.29 is 4.79 Å². The van der Waals surface area contributed by atoms with Crippen molar-refractivity contribution in [2.45, 2.75) is 38.6 Å². The number of carbonyl (C=O) groups excluding carboxylic acids is 1. The molecule has 1 heterocycles. The number of carbonyl (C=O) groups is 1. The fourth-order valence-electron chi connectivity index (χ4n) is 2.65. The van der Waals surface area contributed by atoms with E-state index in [4.69, 9.17) is 5.73 Å². The molecule has 1 saturated carbocycles. The lowest BCUT2D eigenvalue weighted by atomic mass is 10.2. The predicted octanol–water partition coefficient (Wildman–Crippen LogP) is 1.83. The molecule has 0 radical (unpaired) electrons. The Hall–Kier alpha value is -2.37. The highest BCUT2D eigenvalue weighted by Crippen LogP contribution is 2.19. The van der Waals surface area contributed by atoms with E-state index in [0.717, 1.165) is 36.9 Å². The first-order valence-corrected chi connectivity index (χ1v) is 7.24. The number of aromatic nitrogens is 3. The van der Waals surface area contributed by atoms with E-state index >= 15 is 0 Å². The van der Waals surface area contributed by atoms with E-state index in [2.05, 4.69) is 15.6 Å². The summed E-state index contributed by atoms with van der Waals surface area (Å²) in [4.78, 5) is 12.2. The van der Waals surface area contributed by atoms with Gasteiger partial charge in [0, 0.05) is 6.04 Å². The molecule has 0 bridgehead atoms. The quantitative estimate of drug-likeness (QED) is 0.901. The van der Waals surface area contributed by atoms with Crippen LogP contribution >= 0.6 is 0 Å². The number of nitrogens with one attached hydrogen (secondary N) is 1. The molecular formula is C15H19N5O. The van der Waals surface area contributed by atoms with Crippen molar-refractivity contribution in [3.63, 3.8) is 0 Å². The average molecular weight is 285 g/mol. The second kappa shape index (κ2) is 5.55. The Bertz CT molecular complexity index is 641. The summed E-state index contributed by atoms with van der Waals surface area (Å²) in [5.74, 6) is 0.0344. The van der Waals surface area contributed by atoms with Gasteiger partial charge in [-0.2, -0.15) is 4.68 Å². The molecule has 21 heavy (non-hydrogen) atoms. The molecule has 1 aromatic heterocycles. The van der Waals surface area contributed by atoms with Gasteiger partial charge >= 0.3 is 0 Å². The Balaban J connectivity index is 1.81. The minimum Gasteiger partial charge on any atom is -0.382 e. The molecule has 1 fully saturated rings. The van der Waals surface area contributed by atoms with Gasteiger partial charge in [-0.25, -0.2) is 0 Å². The van der Waals surface area contributed by atoms with Gasteiger partial charge in [0.1, 0.15) is 0 Å². The number of aryl methyl sites for hydroxylation is 1. The summed E-state index contributed by atoms with van der Waals surface area (Å²) in [7, 11) is 0. The molecule has 0 saturated heterocycles. The largest absolute Gasteiger partial charge is 0.382 e. The van der Waals surface area contributed by atoms with Crippen LogP contribution in [0.25, 0.3) is 5.69 Å². The lowest BCUT2D eigenvalue weighted by Crippen LogP contribution is -2.33. The molecule has 6 nitrogen and oxygen atoms in total. The highest BCUT2D eigenvalue weighted by Gasteiger charge is 2.23. The lowest BCUT2D eigenvalue weighted by molar-refractivity contribution is 0.0933. The minimum absolute atomic E-state index is 0.197. The molecule has 0 atom stereocenters. The second-order valence-electron chi connectivity index (χ2n) is 5.53. The van der Waals surface area contributed by atoms with Crippen LogP contribution in [-0.4, -0.2) is 26.9 Å². The van der Waals surface area contributed by atoms with E-state index in [1.54, 1.807) is 0 Å². The molecule has 110 valence electrons. The molecule has 0 unspecified atom stereocenters. The summed E-state index contributed by atoms with van der Waals surface area (Å²) in [5.41, 5.74) is 8.17. The summed E-state index contributed by atoms with van der Waals surface area (Å²) in [6.07, 6.45) is 4.38. The van der Waals surface area contributed by atoms with Crippen LogP contribution in [0.1, 0.15) is 41.7 Å². The van der Waals surface area contributed by atoms with E-state index in [9.17, 15) is 4.79 Å². The molecule has 1 amide bonds.